The number of thioether (sulfide) groups is 1. The third-order valence-electron chi connectivity index (χ3n) is 3.03. The number of hydrogen-bond donors (Lipinski definition) is 2. The van der Waals surface area contributed by atoms with E-state index in [1.165, 1.54) is 16.4 Å². The lowest BCUT2D eigenvalue weighted by atomic mass is 10.2. The molecule has 120 valence electrons. The van der Waals surface area contributed by atoms with E-state index in [0.717, 1.165) is 11.3 Å². The Kier molecular flexibility index (Phi) is 5.49. The first kappa shape index (κ1) is 16.7. The van der Waals surface area contributed by atoms with Crippen molar-refractivity contribution in [3.8, 4) is 29.5 Å². The standard InChI is InChI=1S/C15H17N5O2S/c1-4-9-17-14(21)10(2)23-15-19-18-13(20(15)16)11-5-7-12(22-3)8-6-11/h1,5-8,10H,9,16H2,2-3H3,(H,17,21). The molecule has 1 aromatic heterocycles. The zero-order valence-corrected chi connectivity index (χ0v) is 13.6. The molecule has 1 atom stereocenters. The molecule has 1 amide bonds. The molecule has 1 heterocycles. The van der Waals surface area contributed by atoms with Crippen molar-refractivity contribution < 1.29 is 9.53 Å². The summed E-state index contributed by atoms with van der Waals surface area (Å²) in [6.45, 7) is 1.94. The van der Waals surface area contributed by atoms with Crippen LogP contribution in [0.25, 0.3) is 11.4 Å². The first-order chi connectivity index (χ1) is 11.1. The van der Waals surface area contributed by atoms with E-state index in [2.05, 4.69) is 21.4 Å². The number of carbonyl (C=O) groups is 1. The second-order valence-corrected chi connectivity index (χ2v) is 5.89. The van der Waals surface area contributed by atoms with Crippen LogP contribution in [0.5, 0.6) is 5.75 Å². The quantitative estimate of drug-likeness (QED) is 0.464. The Labute approximate surface area is 138 Å². The van der Waals surface area contributed by atoms with Gasteiger partial charge in [-0.15, -0.1) is 16.6 Å². The summed E-state index contributed by atoms with van der Waals surface area (Å²) in [5.74, 6) is 9.45. The maximum absolute atomic E-state index is 11.8. The molecule has 0 saturated heterocycles. The Morgan fingerprint density at radius 3 is 2.78 bits per heavy atom. The highest BCUT2D eigenvalue weighted by Crippen LogP contribution is 2.25. The zero-order chi connectivity index (χ0) is 16.8. The molecule has 0 radical (unpaired) electrons. The lowest BCUT2D eigenvalue weighted by Gasteiger charge is -2.10. The van der Waals surface area contributed by atoms with Gasteiger partial charge < -0.3 is 15.9 Å². The number of nitrogen functional groups attached to an aromatic ring is 1. The molecular weight excluding hydrogens is 314 g/mol. The molecule has 2 rings (SSSR count). The summed E-state index contributed by atoms with van der Waals surface area (Å²) >= 11 is 1.21. The van der Waals surface area contributed by atoms with Crippen molar-refractivity contribution in [1.82, 2.24) is 20.2 Å². The van der Waals surface area contributed by atoms with Crippen molar-refractivity contribution in [2.24, 2.45) is 0 Å². The Morgan fingerprint density at radius 2 is 2.17 bits per heavy atom. The van der Waals surface area contributed by atoms with Gasteiger partial charge in [0.05, 0.1) is 18.9 Å². The molecule has 3 N–H and O–H groups in total. The van der Waals surface area contributed by atoms with Crippen molar-refractivity contribution in [3.05, 3.63) is 24.3 Å². The number of benzene rings is 1. The number of aromatic nitrogens is 3. The molecule has 1 aromatic carbocycles. The van der Waals surface area contributed by atoms with E-state index in [-0.39, 0.29) is 12.5 Å². The number of nitrogens with zero attached hydrogens (tertiary/aromatic N) is 3. The smallest absolute Gasteiger partial charge is 0.234 e. The first-order valence-electron chi connectivity index (χ1n) is 6.79. The fourth-order valence-corrected chi connectivity index (χ4v) is 2.58. The van der Waals surface area contributed by atoms with E-state index in [9.17, 15) is 4.79 Å². The molecule has 0 saturated carbocycles. The maximum Gasteiger partial charge on any atom is 0.234 e. The average molecular weight is 331 g/mol. The van der Waals surface area contributed by atoms with Crippen LogP contribution in [0.3, 0.4) is 0 Å². The third kappa shape index (κ3) is 3.96. The predicted octanol–water partition coefficient (Wildman–Crippen LogP) is 0.897. The number of nitrogens with two attached hydrogens (primary N) is 1. The van der Waals surface area contributed by atoms with E-state index < -0.39 is 5.25 Å². The fraction of sp³-hybridized carbons (Fsp3) is 0.267. The highest BCUT2D eigenvalue weighted by Gasteiger charge is 2.19. The largest absolute Gasteiger partial charge is 0.497 e. The minimum Gasteiger partial charge on any atom is -0.497 e. The molecular formula is C15H17N5O2S. The van der Waals surface area contributed by atoms with Gasteiger partial charge in [-0.25, -0.2) is 4.68 Å². The van der Waals surface area contributed by atoms with E-state index in [0.29, 0.717) is 11.0 Å². The SMILES string of the molecule is C#CCNC(=O)C(C)Sc1nnc(-c2ccc(OC)cc2)n1N. The monoisotopic (exact) mass is 331 g/mol. The van der Waals surface area contributed by atoms with Crippen LogP contribution in [-0.4, -0.2) is 39.7 Å². The molecule has 8 heteroatoms. The highest BCUT2D eigenvalue weighted by molar-refractivity contribution is 8.00. The summed E-state index contributed by atoms with van der Waals surface area (Å²) in [5, 5.41) is 10.8. The van der Waals surface area contributed by atoms with E-state index in [4.69, 9.17) is 17.0 Å². The lowest BCUT2D eigenvalue weighted by molar-refractivity contribution is -0.120. The first-order valence-corrected chi connectivity index (χ1v) is 7.67. The predicted molar refractivity (Wildman–Crippen MR) is 89.3 cm³/mol. The summed E-state index contributed by atoms with van der Waals surface area (Å²) < 4.78 is 6.47. The summed E-state index contributed by atoms with van der Waals surface area (Å²) in [7, 11) is 1.60. The second-order valence-electron chi connectivity index (χ2n) is 4.59. The van der Waals surface area contributed by atoms with Crippen molar-refractivity contribution in [3.63, 3.8) is 0 Å². The van der Waals surface area contributed by atoms with E-state index in [1.807, 2.05) is 24.3 Å². The molecule has 0 aliphatic heterocycles. The van der Waals surface area contributed by atoms with Gasteiger partial charge in [0.15, 0.2) is 5.82 Å². The fourth-order valence-electron chi connectivity index (χ4n) is 1.79. The Hall–Kier alpha value is -2.66. The van der Waals surface area contributed by atoms with Gasteiger partial charge in [-0.3, -0.25) is 4.79 Å². The molecule has 2 aromatic rings. The number of methoxy groups -OCH3 is 1. The molecule has 7 nitrogen and oxygen atoms in total. The van der Waals surface area contributed by atoms with Gasteiger partial charge in [-0.1, -0.05) is 17.7 Å². The number of amides is 1. The minimum absolute atomic E-state index is 0.179. The minimum atomic E-state index is -0.390. The van der Waals surface area contributed by atoms with Gasteiger partial charge in [0.25, 0.3) is 0 Å². The summed E-state index contributed by atoms with van der Waals surface area (Å²) in [6, 6.07) is 7.30. The molecule has 1 unspecified atom stereocenters. The number of terminal acetylenes is 1. The second kappa shape index (κ2) is 7.56. The summed E-state index contributed by atoms with van der Waals surface area (Å²) in [4.78, 5) is 11.8. The Bertz CT molecular complexity index is 720. The normalized spacial score (nSPS) is 11.5. The molecule has 0 aliphatic carbocycles. The molecule has 23 heavy (non-hydrogen) atoms. The van der Waals surface area contributed by atoms with Crippen LogP contribution in [-0.2, 0) is 4.79 Å². The lowest BCUT2D eigenvalue weighted by Crippen LogP contribution is -2.31. The average Bonchev–Trinajstić information content (AvgIpc) is 2.93. The van der Waals surface area contributed by atoms with E-state index in [1.54, 1.807) is 14.0 Å². The number of nitrogens with one attached hydrogen (secondary N) is 1. The highest BCUT2D eigenvalue weighted by atomic mass is 32.2. The number of hydrogen-bond acceptors (Lipinski definition) is 6. The Balaban J connectivity index is 2.12. The van der Waals surface area contributed by atoms with Crippen LogP contribution >= 0.6 is 11.8 Å². The third-order valence-corrected chi connectivity index (χ3v) is 4.09. The maximum atomic E-state index is 11.8. The number of rotatable bonds is 6. The van der Waals surface area contributed by atoms with Crippen molar-refractivity contribution in [1.29, 1.82) is 0 Å². The van der Waals surface area contributed by atoms with Gasteiger partial charge in [-0.05, 0) is 31.2 Å². The Morgan fingerprint density at radius 1 is 1.48 bits per heavy atom. The molecule has 0 aliphatic rings. The topological polar surface area (TPSA) is 95.1 Å². The van der Waals surface area contributed by atoms with Crippen LogP contribution in [0.15, 0.2) is 29.4 Å². The van der Waals surface area contributed by atoms with Crippen LogP contribution in [0.1, 0.15) is 6.92 Å². The van der Waals surface area contributed by atoms with E-state index >= 15 is 0 Å². The van der Waals surface area contributed by atoms with Crippen molar-refractivity contribution >= 4 is 17.7 Å². The van der Waals surface area contributed by atoms with Crippen LogP contribution in [0.4, 0.5) is 0 Å². The van der Waals surface area contributed by atoms with Gasteiger partial charge in [0.2, 0.25) is 11.1 Å². The number of carbonyl (C=O) groups excluding carboxylic acids is 1. The summed E-state index contributed by atoms with van der Waals surface area (Å²) in [5.41, 5.74) is 0.803. The van der Waals surface area contributed by atoms with Gasteiger partial charge in [0, 0.05) is 5.56 Å². The van der Waals surface area contributed by atoms with Crippen molar-refractivity contribution in [2.75, 3.05) is 19.5 Å². The number of ether oxygens (including phenoxy) is 1. The van der Waals surface area contributed by atoms with Crippen LogP contribution in [0.2, 0.25) is 0 Å². The molecule has 0 fully saturated rings. The van der Waals surface area contributed by atoms with Crippen LogP contribution in [0, 0.1) is 12.3 Å². The summed E-state index contributed by atoms with van der Waals surface area (Å²) in [6.07, 6.45) is 5.12. The van der Waals surface area contributed by atoms with Crippen molar-refractivity contribution in [2.45, 2.75) is 17.3 Å². The zero-order valence-electron chi connectivity index (χ0n) is 12.8. The molecule has 0 bridgehead atoms. The van der Waals surface area contributed by atoms with Crippen LogP contribution < -0.4 is 15.9 Å². The van der Waals surface area contributed by atoms with Gasteiger partial charge in [-0.2, -0.15) is 0 Å². The molecule has 0 spiro atoms. The van der Waals surface area contributed by atoms with Gasteiger partial charge in [0.1, 0.15) is 5.75 Å². The van der Waals surface area contributed by atoms with Gasteiger partial charge >= 0.3 is 0 Å².